The van der Waals surface area contributed by atoms with E-state index in [-0.39, 0.29) is 17.6 Å². The Hall–Kier alpha value is -2.09. The third-order valence-corrected chi connectivity index (χ3v) is 5.66. The summed E-state index contributed by atoms with van der Waals surface area (Å²) in [5.74, 6) is -0.926. The fourth-order valence-electron chi connectivity index (χ4n) is 3.65. The Balaban J connectivity index is 1.91. The summed E-state index contributed by atoms with van der Waals surface area (Å²) >= 11 is 3.28. The lowest BCUT2D eigenvalue weighted by Gasteiger charge is -2.32. The number of hydrogen-bond donors (Lipinski definition) is 2. The number of nitrogens with zero attached hydrogens (tertiary/aromatic N) is 1. The van der Waals surface area contributed by atoms with Gasteiger partial charge in [0.1, 0.15) is 12.0 Å². The SMILES string of the molecule is COc1cc(C2NC(=O)N=C(C)C2C(=O)OC2CCCCC2)cc(Br)c1O. The molecule has 1 fully saturated rings. The first-order valence-corrected chi connectivity index (χ1v) is 9.82. The zero-order valence-electron chi connectivity index (χ0n) is 15.3. The van der Waals surface area contributed by atoms with Crippen molar-refractivity contribution in [1.82, 2.24) is 5.32 Å². The number of esters is 1. The van der Waals surface area contributed by atoms with Crippen molar-refractivity contribution in [1.29, 1.82) is 0 Å². The molecule has 0 spiro atoms. The zero-order valence-corrected chi connectivity index (χ0v) is 16.9. The van der Waals surface area contributed by atoms with Crippen molar-refractivity contribution in [3.8, 4) is 11.5 Å². The molecule has 2 amide bonds. The zero-order chi connectivity index (χ0) is 19.6. The lowest BCUT2D eigenvalue weighted by atomic mass is 9.88. The molecule has 0 aromatic heterocycles. The molecular formula is C19H23BrN2O5. The second-order valence-electron chi connectivity index (χ2n) is 6.91. The summed E-state index contributed by atoms with van der Waals surface area (Å²) < 4.78 is 11.3. The van der Waals surface area contributed by atoms with Crippen LogP contribution in [0, 0.1) is 5.92 Å². The van der Waals surface area contributed by atoms with Crippen LogP contribution in [-0.2, 0) is 9.53 Å². The van der Waals surface area contributed by atoms with Crippen LogP contribution in [-0.4, -0.2) is 36.0 Å². The van der Waals surface area contributed by atoms with E-state index in [0.717, 1.165) is 32.1 Å². The van der Waals surface area contributed by atoms with Crippen LogP contribution in [0.3, 0.4) is 0 Å². The van der Waals surface area contributed by atoms with Gasteiger partial charge in [0.05, 0.1) is 17.6 Å². The number of benzene rings is 1. The Morgan fingerprint density at radius 1 is 1.30 bits per heavy atom. The Kier molecular flexibility index (Phi) is 6.04. The number of phenolic OH excluding ortho intramolecular Hbond substituents is 1. The van der Waals surface area contributed by atoms with E-state index in [9.17, 15) is 14.7 Å². The van der Waals surface area contributed by atoms with Crippen LogP contribution < -0.4 is 10.1 Å². The number of halogens is 1. The van der Waals surface area contributed by atoms with Crippen LogP contribution in [0.2, 0.25) is 0 Å². The van der Waals surface area contributed by atoms with E-state index in [0.29, 0.717) is 15.7 Å². The Morgan fingerprint density at radius 2 is 2.00 bits per heavy atom. The van der Waals surface area contributed by atoms with Crippen LogP contribution in [0.5, 0.6) is 11.5 Å². The smallest absolute Gasteiger partial charge is 0.341 e. The number of phenols is 1. The summed E-state index contributed by atoms with van der Waals surface area (Å²) in [6.07, 6.45) is 4.92. The quantitative estimate of drug-likeness (QED) is 0.694. The molecule has 2 aliphatic rings. The fraction of sp³-hybridized carbons (Fsp3) is 0.526. The highest BCUT2D eigenvalue weighted by Crippen LogP contribution is 2.39. The number of methoxy groups -OCH3 is 1. The van der Waals surface area contributed by atoms with E-state index < -0.39 is 24.0 Å². The lowest BCUT2D eigenvalue weighted by Crippen LogP contribution is -2.45. The topological polar surface area (TPSA) is 97.2 Å². The van der Waals surface area contributed by atoms with Crippen LogP contribution in [0.4, 0.5) is 4.79 Å². The molecule has 27 heavy (non-hydrogen) atoms. The molecular weight excluding hydrogens is 416 g/mol. The number of urea groups is 1. The molecule has 2 N–H and O–H groups in total. The second kappa shape index (κ2) is 8.29. The number of carbonyl (C=O) groups is 2. The van der Waals surface area contributed by atoms with Crippen molar-refractivity contribution in [2.45, 2.75) is 51.2 Å². The van der Waals surface area contributed by atoms with Gasteiger partial charge in [-0.05, 0) is 66.2 Å². The minimum atomic E-state index is -0.731. The van der Waals surface area contributed by atoms with Gasteiger partial charge in [0.25, 0.3) is 0 Å². The van der Waals surface area contributed by atoms with E-state index in [1.807, 2.05) is 0 Å². The van der Waals surface area contributed by atoms with Gasteiger partial charge in [0.2, 0.25) is 0 Å². The van der Waals surface area contributed by atoms with E-state index in [4.69, 9.17) is 9.47 Å². The number of hydrogen-bond acceptors (Lipinski definition) is 5. The van der Waals surface area contributed by atoms with Gasteiger partial charge in [-0.15, -0.1) is 0 Å². The van der Waals surface area contributed by atoms with Crippen LogP contribution >= 0.6 is 15.9 Å². The third-order valence-electron chi connectivity index (χ3n) is 5.06. The van der Waals surface area contributed by atoms with Crippen LogP contribution in [0.25, 0.3) is 0 Å². The summed E-state index contributed by atoms with van der Waals surface area (Å²) in [5, 5.41) is 12.8. The van der Waals surface area contributed by atoms with Gasteiger partial charge in [-0.2, -0.15) is 0 Å². The Bertz CT molecular complexity index is 774. The summed E-state index contributed by atoms with van der Waals surface area (Å²) in [4.78, 5) is 28.8. The van der Waals surface area contributed by atoms with Gasteiger partial charge >= 0.3 is 12.0 Å². The van der Waals surface area contributed by atoms with Gasteiger partial charge in [-0.3, -0.25) is 4.79 Å². The van der Waals surface area contributed by atoms with Gasteiger partial charge in [0.15, 0.2) is 11.5 Å². The maximum Gasteiger partial charge on any atom is 0.341 e. The summed E-state index contributed by atoms with van der Waals surface area (Å²) in [5.41, 5.74) is 1.03. The lowest BCUT2D eigenvalue weighted by molar-refractivity contribution is -0.154. The number of amides is 2. The molecule has 3 rings (SSSR count). The first-order valence-electron chi connectivity index (χ1n) is 9.03. The molecule has 8 heteroatoms. The molecule has 1 aromatic carbocycles. The van der Waals surface area contributed by atoms with Crippen LogP contribution in [0.1, 0.15) is 50.6 Å². The molecule has 2 atom stereocenters. The molecule has 2 unspecified atom stereocenters. The van der Waals surface area contributed by atoms with Crippen molar-refractivity contribution < 1.29 is 24.2 Å². The van der Waals surface area contributed by atoms with E-state index in [1.165, 1.54) is 7.11 Å². The predicted octanol–water partition coefficient (Wildman–Crippen LogP) is 3.88. The fourth-order valence-corrected chi connectivity index (χ4v) is 4.11. The normalized spacial score (nSPS) is 23.4. The third kappa shape index (κ3) is 4.26. The molecule has 0 radical (unpaired) electrons. The minimum Gasteiger partial charge on any atom is -0.503 e. The van der Waals surface area contributed by atoms with Crippen molar-refractivity contribution in [3.63, 3.8) is 0 Å². The average Bonchev–Trinajstić information content (AvgIpc) is 2.63. The second-order valence-corrected chi connectivity index (χ2v) is 7.76. The van der Waals surface area contributed by atoms with Crippen molar-refractivity contribution >= 4 is 33.6 Å². The molecule has 146 valence electrons. The summed E-state index contributed by atoms with van der Waals surface area (Å²) in [7, 11) is 1.44. The molecule has 1 aliphatic carbocycles. The van der Waals surface area contributed by atoms with Gasteiger partial charge < -0.3 is 19.9 Å². The molecule has 1 heterocycles. The maximum absolute atomic E-state index is 12.9. The number of nitrogens with one attached hydrogen (secondary N) is 1. The number of rotatable bonds is 4. The van der Waals surface area contributed by atoms with Gasteiger partial charge in [-0.25, -0.2) is 9.79 Å². The first-order chi connectivity index (χ1) is 12.9. The molecule has 0 saturated heterocycles. The Labute approximate surface area is 166 Å². The number of ether oxygens (including phenoxy) is 2. The standard InChI is InChI=1S/C19H23BrN2O5/c1-10-15(18(24)27-12-6-4-3-5-7-12)16(22-19(25)21-10)11-8-13(20)17(23)14(9-11)26-2/h8-9,12,15-16,23H,3-7H2,1-2H3,(H,22,25). The minimum absolute atomic E-state index is 0.0462. The molecule has 1 aromatic rings. The molecule has 1 aliphatic heterocycles. The highest BCUT2D eigenvalue weighted by molar-refractivity contribution is 9.10. The van der Waals surface area contributed by atoms with Crippen molar-refractivity contribution in [2.75, 3.05) is 7.11 Å². The van der Waals surface area contributed by atoms with Gasteiger partial charge in [0, 0.05) is 5.71 Å². The molecule has 7 nitrogen and oxygen atoms in total. The maximum atomic E-state index is 12.9. The number of aliphatic imine (C=N–C) groups is 1. The van der Waals surface area contributed by atoms with E-state index in [1.54, 1.807) is 19.1 Å². The summed E-state index contributed by atoms with van der Waals surface area (Å²) in [6.45, 7) is 1.66. The number of aromatic hydroxyl groups is 1. The van der Waals surface area contributed by atoms with E-state index in [2.05, 4.69) is 26.2 Å². The highest BCUT2D eigenvalue weighted by atomic mass is 79.9. The molecule has 1 saturated carbocycles. The largest absolute Gasteiger partial charge is 0.503 e. The summed E-state index contributed by atoms with van der Waals surface area (Å²) in [6, 6.07) is 2.09. The Morgan fingerprint density at radius 3 is 2.67 bits per heavy atom. The highest BCUT2D eigenvalue weighted by Gasteiger charge is 2.39. The number of carbonyl (C=O) groups excluding carboxylic acids is 2. The van der Waals surface area contributed by atoms with E-state index >= 15 is 0 Å². The average molecular weight is 439 g/mol. The first kappa shape index (κ1) is 19.7. The van der Waals surface area contributed by atoms with Crippen molar-refractivity contribution in [3.05, 3.63) is 22.2 Å². The monoisotopic (exact) mass is 438 g/mol. The van der Waals surface area contributed by atoms with Crippen LogP contribution in [0.15, 0.2) is 21.6 Å². The predicted molar refractivity (Wildman–Crippen MR) is 103 cm³/mol. The van der Waals surface area contributed by atoms with Gasteiger partial charge in [-0.1, -0.05) is 6.42 Å². The molecule has 0 bridgehead atoms. The van der Waals surface area contributed by atoms with Crippen molar-refractivity contribution in [2.24, 2.45) is 10.9 Å².